The Morgan fingerprint density at radius 2 is 2.00 bits per heavy atom. The van der Waals surface area contributed by atoms with Crippen LogP contribution in [0.15, 0.2) is 41.5 Å². The summed E-state index contributed by atoms with van der Waals surface area (Å²) in [5, 5.41) is 16.1. The van der Waals surface area contributed by atoms with Gasteiger partial charge in [-0.25, -0.2) is 5.43 Å². The standard InChI is InChI=1S/C18H13Cl2N3O4S/c1-2-27-17-13(19)5-10(6-14(17)20)9-21-22-18(24)16-8-11-7-12(23(25)26)3-4-15(11)28-16/h3-9H,2H2,1H3,(H,22,24)/b21-9-. The molecule has 0 aliphatic heterocycles. The van der Waals surface area contributed by atoms with Gasteiger partial charge in [-0.3, -0.25) is 14.9 Å². The van der Waals surface area contributed by atoms with Crippen LogP contribution < -0.4 is 10.2 Å². The monoisotopic (exact) mass is 437 g/mol. The van der Waals surface area contributed by atoms with E-state index in [1.54, 1.807) is 24.3 Å². The number of nitrogens with one attached hydrogen (secondary N) is 1. The molecule has 0 aliphatic carbocycles. The largest absolute Gasteiger partial charge is 0.491 e. The number of hydrazone groups is 1. The number of rotatable bonds is 6. The van der Waals surface area contributed by atoms with E-state index in [1.165, 1.54) is 29.7 Å². The zero-order chi connectivity index (χ0) is 20.3. The molecule has 0 bridgehead atoms. The minimum atomic E-state index is -0.478. The normalized spacial score (nSPS) is 11.1. The second-order valence-corrected chi connectivity index (χ2v) is 7.43. The third kappa shape index (κ3) is 4.41. The molecule has 1 aromatic heterocycles. The number of benzene rings is 2. The van der Waals surface area contributed by atoms with Crippen LogP contribution in [0.25, 0.3) is 10.1 Å². The van der Waals surface area contributed by atoms with Crippen LogP contribution in [-0.2, 0) is 0 Å². The lowest BCUT2D eigenvalue weighted by Gasteiger charge is -2.08. The molecule has 0 fully saturated rings. The highest BCUT2D eigenvalue weighted by atomic mass is 35.5. The maximum Gasteiger partial charge on any atom is 0.281 e. The lowest BCUT2D eigenvalue weighted by atomic mass is 10.2. The Bertz CT molecular complexity index is 1070. The quantitative estimate of drug-likeness (QED) is 0.322. The molecule has 0 aliphatic rings. The summed E-state index contributed by atoms with van der Waals surface area (Å²) >= 11 is 13.5. The van der Waals surface area contributed by atoms with Gasteiger partial charge in [-0.15, -0.1) is 11.3 Å². The van der Waals surface area contributed by atoms with E-state index in [1.807, 2.05) is 6.92 Å². The van der Waals surface area contributed by atoms with E-state index in [9.17, 15) is 14.9 Å². The van der Waals surface area contributed by atoms with E-state index in [-0.39, 0.29) is 5.69 Å². The zero-order valence-corrected chi connectivity index (χ0v) is 16.8. The van der Waals surface area contributed by atoms with Crippen molar-refractivity contribution in [2.75, 3.05) is 6.61 Å². The Kier molecular flexibility index (Phi) is 6.13. The van der Waals surface area contributed by atoms with Gasteiger partial charge in [0, 0.05) is 22.2 Å². The number of non-ortho nitro benzene ring substituents is 1. The third-order valence-corrected chi connectivity index (χ3v) is 5.30. The van der Waals surface area contributed by atoms with Gasteiger partial charge >= 0.3 is 0 Å². The predicted molar refractivity (Wildman–Crippen MR) is 111 cm³/mol. The Hall–Kier alpha value is -2.68. The van der Waals surface area contributed by atoms with Crippen molar-refractivity contribution in [3.8, 4) is 5.75 Å². The van der Waals surface area contributed by atoms with Gasteiger partial charge in [-0.05, 0) is 36.8 Å². The van der Waals surface area contributed by atoms with E-state index in [2.05, 4.69) is 10.5 Å². The number of halogens is 2. The van der Waals surface area contributed by atoms with Gasteiger partial charge in [0.1, 0.15) is 0 Å². The second kappa shape index (κ2) is 8.55. The van der Waals surface area contributed by atoms with Crippen molar-refractivity contribution >= 4 is 62.4 Å². The molecule has 1 amide bonds. The van der Waals surface area contributed by atoms with Crippen LogP contribution >= 0.6 is 34.5 Å². The van der Waals surface area contributed by atoms with Crippen LogP contribution in [0.2, 0.25) is 10.0 Å². The summed E-state index contributed by atoms with van der Waals surface area (Å²) in [6.45, 7) is 2.25. The molecular formula is C18H13Cl2N3O4S. The molecule has 7 nitrogen and oxygen atoms in total. The SMILES string of the molecule is CCOc1c(Cl)cc(/C=N\NC(=O)c2cc3cc([N+](=O)[O-])ccc3s2)cc1Cl. The lowest BCUT2D eigenvalue weighted by molar-refractivity contribution is -0.384. The number of carbonyl (C=O) groups is 1. The Morgan fingerprint density at radius 3 is 2.64 bits per heavy atom. The van der Waals surface area contributed by atoms with Gasteiger partial charge in [0.05, 0.1) is 32.7 Å². The lowest BCUT2D eigenvalue weighted by Crippen LogP contribution is -2.16. The number of nitrogens with zero attached hydrogens (tertiary/aromatic N) is 2. The zero-order valence-electron chi connectivity index (χ0n) is 14.4. The van der Waals surface area contributed by atoms with Crippen molar-refractivity contribution in [1.29, 1.82) is 0 Å². The summed E-state index contributed by atoms with van der Waals surface area (Å²) < 4.78 is 6.12. The smallest absolute Gasteiger partial charge is 0.281 e. The minimum absolute atomic E-state index is 0.0282. The summed E-state index contributed by atoms with van der Waals surface area (Å²) in [6.07, 6.45) is 1.41. The van der Waals surface area contributed by atoms with Crippen LogP contribution in [0.1, 0.15) is 22.2 Å². The predicted octanol–water partition coefficient (Wildman–Crippen LogP) is 5.28. The topological polar surface area (TPSA) is 93.8 Å². The first kappa shape index (κ1) is 20.1. The fourth-order valence-corrected chi connectivity index (χ4v) is 3.96. The Balaban J connectivity index is 1.73. The number of nitro groups is 1. The third-order valence-electron chi connectivity index (χ3n) is 3.62. The molecule has 10 heteroatoms. The molecule has 1 N–H and O–H groups in total. The number of fused-ring (bicyclic) bond motifs is 1. The fraction of sp³-hybridized carbons (Fsp3) is 0.111. The molecule has 0 spiro atoms. The van der Waals surface area contributed by atoms with E-state index in [0.717, 1.165) is 4.70 Å². The number of hydrogen-bond donors (Lipinski definition) is 1. The Morgan fingerprint density at radius 1 is 1.29 bits per heavy atom. The van der Waals surface area contributed by atoms with E-state index in [4.69, 9.17) is 27.9 Å². The maximum absolute atomic E-state index is 12.3. The highest BCUT2D eigenvalue weighted by Gasteiger charge is 2.13. The number of nitro benzene ring substituents is 1. The summed E-state index contributed by atoms with van der Waals surface area (Å²) in [7, 11) is 0. The van der Waals surface area contributed by atoms with Crippen molar-refractivity contribution in [1.82, 2.24) is 5.43 Å². The molecule has 0 radical (unpaired) electrons. The van der Waals surface area contributed by atoms with Crippen molar-refractivity contribution in [2.45, 2.75) is 6.92 Å². The average Bonchev–Trinajstić information content (AvgIpc) is 3.08. The maximum atomic E-state index is 12.3. The van der Waals surface area contributed by atoms with Gasteiger partial charge in [0.15, 0.2) is 5.75 Å². The van der Waals surface area contributed by atoms with Gasteiger partial charge in [-0.2, -0.15) is 5.10 Å². The molecule has 1 heterocycles. The van der Waals surface area contributed by atoms with Crippen LogP contribution in [0, 0.1) is 10.1 Å². The van der Waals surface area contributed by atoms with Gasteiger partial charge in [-0.1, -0.05) is 23.2 Å². The summed E-state index contributed by atoms with van der Waals surface area (Å²) in [4.78, 5) is 23.0. The number of thiophene rings is 1. The van der Waals surface area contributed by atoms with Gasteiger partial charge in [0.2, 0.25) is 0 Å². The first-order valence-electron chi connectivity index (χ1n) is 8.02. The minimum Gasteiger partial charge on any atom is -0.491 e. The summed E-state index contributed by atoms with van der Waals surface area (Å²) in [6, 6.07) is 9.26. The molecule has 0 atom stereocenters. The fourth-order valence-electron chi connectivity index (χ4n) is 2.41. The summed E-state index contributed by atoms with van der Waals surface area (Å²) in [5.74, 6) is -0.0328. The van der Waals surface area contributed by atoms with Crippen molar-refractivity contribution in [2.24, 2.45) is 5.10 Å². The molecule has 28 heavy (non-hydrogen) atoms. The second-order valence-electron chi connectivity index (χ2n) is 5.54. The van der Waals surface area contributed by atoms with Crippen molar-refractivity contribution < 1.29 is 14.5 Å². The first-order chi connectivity index (χ1) is 13.4. The summed E-state index contributed by atoms with van der Waals surface area (Å²) in [5.41, 5.74) is 2.97. The van der Waals surface area contributed by atoms with Crippen LogP contribution in [0.4, 0.5) is 5.69 Å². The van der Waals surface area contributed by atoms with E-state index >= 15 is 0 Å². The molecule has 3 aromatic rings. The molecule has 0 saturated carbocycles. The first-order valence-corrected chi connectivity index (χ1v) is 9.59. The van der Waals surface area contributed by atoms with Gasteiger partial charge in [0.25, 0.3) is 11.6 Å². The molecular weight excluding hydrogens is 425 g/mol. The average molecular weight is 438 g/mol. The van der Waals surface area contributed by atoms with Crippen LogP contribution in [-0.4, -0.2) is 23.7 Å². The number of hydrogen-bond acceptors (Lipinski definition) is 6. The van der Waals surface area contributed by atoms with Crippen LogP contribution in [0.3, 0.4) is 0 Å². The molecule has 0 saturated heterocycles. The van der Waals surface area contributed by atoms with Gasteiger partial charge < -0.3 is 4.74 Å². The van der Waals surface area contributed by atoms with Crippen LogP contribution in [0.5, 0.6) is 5.75 Å². The number of ether oxygens (including phenoxy) is 1. The molecule has 3 rings (SSSR count). The van der Waals surface area contributed by atoms with E-state index in [0.29, 0.717) is 38.2 Å². The van der Waals surface area contributed by atoms with Crippen molar-refractivity contribution in [3.63, 3.8) is 0 Å². The molecule has 144 valence electrons. The Labute approximate surface area is 173 Å². The number of amides is 1. The number of carbonyl (C=O) groups excluding carboxylic acids is 1. The molecule has 0 unspecified atom stereocenters. The van der Waals surface area contributed by atoms with E-state index < -0.39 is 10.8 Å². The molecule has 2 aromatic carbocycles. The highest BCUT2D eigenvalue weighted by Crippen LogP contribution is 2.34. The highest BCUT2D eigenvalue weighted by molar-refractivity contribution is 7.20. The van der Waals surface area contributed by atoms with Crippen molar-refractivity contribution in [3.05, 3.63) is 67.0 Å².